The van der Waals surface area contributed by atoms with Crippen LogP contribution in [0.25, 0.3) is 11.0 Å². The lowest BCUT2D eigenvalue weighted by Crippen LogP contribution is -2.31. The molecule has 29 heavy (non-hydrogen) atoms. The molecule has 1 saturated heterocycles. The van der Waals surface area contributed by atoms with E-state index in [4.69, 9.17) is 0 Å². The monoisotopic (exact) mass is 391 g/mol. The summed E-state index contributed by atoms with van der Waals surface area (Å²) < 4.78 is 1.34. The predicted molar refractivity (Wildman–Crippen MR) is 107 cm³/mol. The minimum Gasteiger partial charge on any atom is -0.324 e. The first-order valence-corrected chi connectivity index (χ1v) is 8.86. The first-order valence-electron chi connectivity index (χ1n) is 8.86. The quantitative estimate of drug-likeness (QED) is 0.678. The van der Waals surface area contributed by atoms with Crippen LogP contribution in [0.5, 0.6) is 0 Å². The molecule has 146 valence electrons. The van der Waals surface area contributed by atoms with Crippen LogP contribution in [0, 0.1) is 0 Å². The van der Waals surface area contributed by atoms with Crippen molar-refractivity contribution in [3.05, 3.63) is 65.1 Å². The van der Waals surface area contributed by atoms with Gasteiger partial charge in [0.05, 0.1) is 22.9 Å². The van der Waals surface area contributed by atoms with Crippen LogP contribution < -0.4 is 15.8 Å². The van der Waals surface area contributed by atoms with Crippen LogP contribution in [0.4, 0.5) is 16.2 Å². The number of likely N-dealkylation sites (N-methyl/N-ethyl adjacent to an activating group) is 1. The minimum absolute atomic E-state index is 0.00739. The number of benzene rings is 2. The number of carbonyl (C=O) groups is 3. The van der Waals surface area contributed by atoms with E-state index in [2.05, 4.69) is 10.3 Å². The van der Waals surface area contributed by atoms with Crippen LogP contribution in [-0.2, 0) is 16.1 Å². The number of imide groups is 1. The minimum atomic E-state index is -0.423. The molecule has 0 atom stereocenters. The summed E-state index contributed by atoms with van der Waals surface area (Å²) in [6, 6.07) is 13.1. The molecule has 4 amide bonds. The van der Waals surface area contributed by atoms with E-state index in [9.17, 15) is 19.2 Å². The summed E-state index contributed by atoms with van der Waals surface area (Å²) in [5.74, 6) is -0.757. The Labute approximate surface area is 165 Å². The van der Waals surface area contributed by atoms with E-state index in [1.165, 1.54) is 15.7 Å². The molecular formula is C20H17N5O4. The summed E-state index contributed by atoms with van der Waals surface area (Å²) >= 11 is 0. The fourth-order valence-electron chi connectivity index (χ4n) is 3.22. The number of nitrogens with one attached hydrogen (secondary N) is 1. The molecular weight excluding hydrogens is 374 g/mol. The van der Waals surface area contributed by atoms with Gasteiger partial charge in [-0.05, 0) is 30.3 Å². The highest BCUT2D eigenvalue weighted by Gasteiger charge is 2.34. The third-order valence-electron chi connectivity index (χ3n) is 4.58. The van der Waals surface area contributed by atoms with Crippen molar-refractivity contribution in [2.75, 3.05) is 23.8 Å². The molecule has 2 aromatic carbocycles. The van der Waals surface area contributed by atoms with Crippen molar-refractivity contribution in [1.82, 2.24) is 14.5 Å². The lowest BCUT2D eigenvalue weighted by molar-refractivity contribution is -0.117. The molecule has 1 aromatic heterocycles. The first kappa shape index (κ1) is 18.4. The second kappa shape index (κ2) is 7.19. The number of fused-ring (bicyclic) bond motifs is 1. The number of hydrogen-bond donors (Lipinski definition) is 1. The van der Waals surface area contributed by atoms with Gasteiger partial charge < -0.3 is 10.2 Å². The third-order valence-corrected chi connectivity index (χ3v) is 4.58. The van der Waals surface area contributed by atoms with Crippen molar-refractivity contribution in [2.45, 2.75) is 6.54 Å². The van der Waals surface area contributed by atoms with E-state index in [0.29, 0.717) is 22.4 Å². The van der Waals surface area contributed by atoms with Crippen LogP contribution >= 0.6 is 0 Å². The maximum atomic E-state index is 12.5. The number of rotatable bonds is 4. The average molecular weight is 391 g/mol. The summed E-state index contributed by atoms with van der Waals surface area (Å²) in [7, 11) is 1.54. The maximum absolute atomic E-state index is 12.5. The van der Waals surface area contributed by atoms with Gasteiger partial charge in [0, 0.05) is 12.7 Å². The predicted octanol–water partition coefficient (Wildman–Crippen LogP) is 1.43. The summed E-state index contributed by atoms with van der Waals surface area (Å²) in [4.78, 5) is 55.4. The van der Waals surface area contributed by atoms with Gasteiger partial charge in [0.2, 0.25) is 5.91 Å². The van der Waals surface area contributed by atoms with Gasteiger partial charge in [-0.15, -0.1) is 0 Å². The largest absolute Gasteiger partial charge is 0.331 e. The molecule has 9 heteroatoms. The van der Waals surface area contributed by atoms with Crippen molar-refractivity contribution in [2.24, 2.45) is 0 Å². The van der Waals surface area contributed by atoms with Crippen molar-refractivity contribution < 1.29 is 14.4 Å². The molecule has 0 radical (unpaired) electrons. The normalized spacial score (nSPS) is 14.0. The van der Waals surface area contributed by atoms with E-state index in [1.807, 2.05) is 0 Å². The third kappa shape index (κ3) is 3.45. The topological polar surface area (TPSA) is 105 Å². The van der Waals surface area contributed by atoms with Gasteiger partial charge in [-0.2, -0.15) is 0 Å². The van der Waals surface area contributed by atoms with Crippen LogP contribution in [-0.4, -0.2) is 45.9 Å². The summed E-state index contributed by atoms with van der Waals surface area (Å²) in [5.41, 5.74) is 1.56. The highest BCUT2D eigenvalue weighted by Crippen LogP contribution is 2.24. The Morgan fingerprint density at radius 3 is 2.66 bits per heavy atom. The van der Waals surface area contributed by atoms with Crippen LogP contribution in [0.1, 0.15) is 0 Å². The van der Waals surface area contributed by atoms with Crippen molar-refractivity contribution in [1.29, 1.82) is 0 Å². The van der Waals surface area contributed by atoms with Crippen LogP contribution in [0.2, 0.25) is 0 Å². The van der Waals surface area contributed by atoms with Crippen LogP contribution in [0.3, 0.4) is 0 Å². The number of amides is 4. The number of aromatic nitrogens is 2. The smallest absolute Gasteiger partial charge is 0.324 e. The zero-order valence-corrected chi connectivity index (χ0v) is 15.5. The van der Waals surface area contributed by atoms with Gasteiger partial charge >= 0.3 is 6.03 Å². The molecule has 0 aliphatic carbocycles. The van der Waals surface area contributed by atoms with Crippen molar-refractivity contribution in [3.63, 3.8) is 0 Å². The zero-order valence-electron chi connectivity index (χ0n) is 15.5. The second-order valence-electron chi connectivity index (χ2n) is 6.64. The Hall–Kier alpha value is -4.01. The Kier molecular flexibility index (Phi) is 4.55. The second-order valence-corrected chi connectivity index (χ2v) is 6.64. The SMILES string of the molecule is CN1CC(=O)N(c2cccc(NC(=O)Cn3c(=O)cnc4ccccc43)c2)C1=O. The summed E-state index contributed by atoms with van der Waals surface area (Å²) in [6.07, 6.45) is 1.18. The Balaban J connectivity index is 1.56. The van der Waals surface area contributed by atoms with E-state index < -0.39 is 11.9 Å². The van der Waals surface area contributed by atoms with Gasteiger partial charge in [-0.3, -0.25) is 19.0 Å². The molecule has 0 bridgehead atoms. The molecule has 9 nitrogen and oxygen atoms in total. The molecule has 1 aliphatic rings. The summed E-state index contributed by atoms with van der Waals surface area (Å²) in [5, 5.41) is 2.71. The van der Waals surface area contributed by atoms with Gasteiger partial charge in [-0.25, -0.2) is 14.7 Å². The zero-order chi connectivity index (χ0) is 20.5. The molecule has 0 unspecified atom stereocenters. The number of para-hydroxylation sites is 2. The Morgan fingerprint density at radius 2 is 1.90 bits per heavy atom. The van der Waals surface area contributed by atoms with Gasteiger partial charge in [0.15, 0.2) is 0 Å². The van der Waals surface area contributed by atoms with Crippen molar-refractivity contribution in [3.8, 4) is 0 Å². The lowest BCUT2D eigenvalue weighted by atomic mass is 10.2. The standard InChI is InChI=1S/C20H17N5O4/c1-23-12-19(28)25(20(23)29)14-6-4-5-13(9-14)22-17(26)11-24-16-8-3-2-7-15(16)21-10-18(24)27/h2-10H,11-12H2,1H3,(H,22,26). The maximum Gasteiger partial charge on any atom is 0.331 e. The van der Waals surface area contributed by atoms with Gasteiger partial charge in [0.25, 0.3) is 11.5 Å². The molecule has 1 fully saturated rings. The fourth-order valence-corrected chi connectivity index (χ4v) is 3.22. The van der Waals surface area contributed by atoms with Crippen molar-refractivity contribution >= 4 is 40.3 Å². The number of carbonyl (C=O) groups excluding carboxylic acids is 3. The average Bonchev–Trinajstić information content (AvgIpc) is 2.96. The molecule has 1 aliphatic heterocycles. The molecule has 1 N–H and O–H groups in total. The Morgan fingerprint density at radius 1 is 1.10 bits per heavy atom. The van der Waals surface area contributed by atoms with E-state index >= 15 is 0 Å². The fraction of sp³-hybridized carbons (Fsp3) is 0.150. The first-order chi connectivity index (χ1) is 13.9. The molecule has 2 heterocycles. The molecule has 0 spiro atoms. The number of urea groups is 1. The molecule has 3 aromatic rings. The van der Waals surface area contributed by atoms with E-state index in [1.54, 1.807) is 55.6 Å². The highest BCUT2D eigenvalue weighted by molar-refractivity contribution is 6.19. The van der Waals surface area contributed by atoms with Gasteiger partial charge in [0.1, 0.15) is 13.1 Å². The molecule has 0 saturated carbocycles. The number of anilines is 2. The number of nitrogens with zero attached hydrogens (tertiary/aromatic N) is 4. The lowest BCUT2D eigenvalue weighted by Gasteiger charge is -2.15. The number of hydrogen-bond acceptors (Lipinski definition) is 5. The highest BCUT2D eigenvalue weighted by atomic mass is 16.2. The van der Waals surface area contributed by atoms with Crippen LogP contribution in [0.15, 0.2) is 59.5 Å². The van der Waals surface area contributed by atoms with Gasteiger partial charge in [-0.1, -0.05) is 18.2 Å². The molecule has 4 rings (SSSR count). The van der Waals surface area contributed by atoms with E-state index in [-0.39, 0.29) is 24.6 Å². The Bertz CT molecular complexity index is 1200. The summed E-state index contributed by atoms with van der Waals surface area (Å²) in [6.45, 7) is -0.191. The van der Waals surface area contributed by atoms with E-state index in [0.717, 1.165) is 4.90 Å².